The van der Waals surface area contributed by atoms with Crippen LogP contribution >= 0.6 is 0 Å². The van der Waals surface area contributed by atoms with Gasteiger partial charge in [0.25, 0.3) is 0 Å². The van der Waals surface area contributed by atoms with Crippen LogP contribution in [0.2, 0.25) is 0 Å². The third-order valence-corrected chi connectivity index (χ3v) is 11.0. The Morgan fingerprint density at radius 1 is 0.611 bits per heavy atom. The van der Waals surface area contributed by atoms with Crippen LogP contribution in [0.3, 0.4) is 0 Å². The average Bonchev–Trinajstić information content (AvgIpc) is 2.46. The van der Waals surface area contributed by atoms with Crippen LogP contribution in [0.4, 0.5) is 0 Å². The van der Waals surface area contributed by atoms with Gasteiger partial charge in [-0.3, -0.25) is 0 Å². The third kappa shape index (κ3) is 3.83. The van der Waals surface area contributed by atoms with Crippen LogP contribution in [-0.4, -0.2) is 40.5 Å². The first-order valence-corrected chi connectivity index (χ1v) is 12.6. The van der Waals surface area contributed by atoms with Crippen molar-refractivity contribution < 1.29 is 9.47 Å². The number of benzene rings is 2. The topological polar surface area (TPSA) is 18.5 Å². The molecule has 0 fully saturated rings. The second-order valence-corrected chi connectivity index (χ2v) is 11.0. The van der Waals surface area contributed by atoms with Gasteiger partial charge in [0.1, 0.15) is 0 Å². The van der Waals surface area contributed by atoms with E-state index in [-0.39, 0.29) is 26.3 Å². The molecule has 0 saturated carbocycles. The van der Waals surface area contributed by atoms with Crippen molar-refractivity contribution in [1.82, 2.24) is 0 Å². The molecule has 0 heterocycles. The van der Waals surface area contributed by atoms with E-state index < -0.39 is 0 Å². The average molecular weight is 364 g/mol. The summed E-state index contributed by atoms with van der Waals surface area (Å²) in [6.07, 6.45) is 0. The second-order valence-electron chi connectivity index (χ2n) is 3.60. The van der Waals surface area contributed by atoms with Crippen molar-refractivity contribution in [3.8, 4) is 11.5 Å². The molecule has 2 rings (SSSR count). The number of methoxy groups -OCH3 is 2. The van der Waals surface area contributed by atoms with Crippen molar-refractivity contribution in [3.05, 3.63) is 48.5 Å². The fourth-order valence-corrected chi connectivity index (χ4v) is 8.51. The maximum atomic E-state index is 5.16. The molecule has 2 aromatic rings. The molecule has 0 aliphatic heterocycles. The first kappa shape index (κ1) is 13.6. The fraction of sp³-hybridized carbons (Fsp3) is 0.143. The van der Waals surface area contributed by atoms with Crippen LogP contribution in [0.5, 0.6) is 11.5 Å². The molecule has 0 saturated heterocycles. The van der Waals surface area contributed by atoms with Crippen LogP contribution in [-0.2, 0) is 0 Å². The number of hydrogen-bond donors (Lipinski definition) is 0. The van der Waals surface area contributed by atoms with Gasteiger partial charge >= 0.3 is 119 Å². The second kappa shape index (κ2) is 6.92. The Kier molecular flexibility index (Phi) is 5.22. The van der Waals surface area contributed by atoms with Gasteiger partial charge < -0.3 is 0 Å². The zero-order valence-electron chi connectivity index (χ0n) is 10.3. The summed E-state index contributed by atoms with van der Waals surface area (Å²) in [5.41, 5.74) is 0. The van der Waals surface area contributed by atoms with Gasteiger partial charge in [0.2, 0.25) is 0 Å². The molecular formula is C14H14As2O2. The summed E-state index contributed by atoms with van der Waals surface area (Å²) in [6, 6.07) is 16.9. The molecule has 4 heteroatoms. The molecule has 0 aliphatic rings. The molecule has 0 radical (unpaired) electrons. The van der Waals surface area contributed by atoms with E-state index in [0.29, 0.717) is 0 Å². The zero-order chi connectivity index (χ0) is 12.8. The molecule has 0 aliphatic carbocycles. The first-order valence-electron chi connectivity index (χ1n) is 5.51. The van der Waals surface area contributed by atoms with Gasteiger partial charge in [0, 0.05) is 0 Å². The van der Waals surface area contributed by atoms with Crippen molar-refractivity contribution >= 4 is 35.0 Å². The molecule has 0 N–H and O–H groups in total. The van der Waals surface area contributed by atoms with Crippen LogP contribution in [0, 0.1) is 0 Å². The van der Waals surface area contributed by atoms with Crippen molar-refractivity contribution in [2.45, 2.75) is 0 Å². The number of rotatable bonds is 4. The van der Waals surface area contributed by atoms with E-state index in [1.165, 1.54) is 8.70 Å². The van der Waals surface area contributed by atoms with Crippen LogP contribution < -0.4 is 18.2 Å². The molecule has 92 valence electrons. The Hall–Kier alpha value is -0.843. The monoisotopic (exact) mass is 364 g/mol. The van der Waals surface area contributed by atoms with E-state index in [1.54, 1.807) is 14.2 Å². The van der Waals surface area contributed by atoms with E-state index in [4.69, 9.17) is 9.47 Å². The van der Waals surface area contributed by atoms with Crippen LogP contribution in [0.25, 0.3) is 0 Å². The van der Waals surface area contributed by atoms with E-state index in [9.17, 15) is 0 Å². The molecular weight excluding hydrogens is 350 g/mol. The Balaban J connectivity index is 2.08. The SMILES string of the molecule is COc1ccc([As]=[As]c2ccc(OC)cc2)cc1. The summed E-state index contributed by atoms with van der Waals surface area (Å²) < 4.78 is 13.2. The van der Waals surface area contributed by atoms with Gasteiger partial charge in [-0.25, -0.2) is 0 Å². The summed E-state index contributed by atoms with van der Waals surface area (Å²) in [5, 5.41) is 0. The van der Waals surface area contributed by atoms with Crippen molar-refractivity contribution in [2.75, 3.05) is 14.2 Å². The molecule has 0 aromatic heterocycles. The minimum absolute atomic E-state index is 0.264. The van der Waals surface area contributed by atoms with Crippen molar-refractivity contribution in [3.63, 3.8) is 0 Å². The van der Waals surface area contributed by atoms with Gasteiger partial charge in [-0.1, -0.05) is 0 Å². The van der Waals surface area contributed by atoms with E-state index >= 15 is 0 Å². The Bertz CT molecular complexity index is 469. The Labute approximate surface area is 118 Å². The molecule has 18 heavy (non-hydrogen) atoms. The third-order valence-electron chi connectivity index (χ3n) is 2.43. The van der Waals surface area contributed by atoms with Crippen LogP contribution in [0.15, 0.2) is 48.5 Å². The molecule has 0 amide bonds. The molecule has 0 unspecified atom stereocenters. The summed E-state index contributed by atoms with van der Waals surface area (Å²) in [7, 11) is 3.40. The minimum atomic E-state index is 0.264. The maximum absolute atomic E-state index is 5.16. The first-order chi connectivity index (χ1) is 8.81. The van der Waals surface area contributed by atoms with Gasteiger partial charge in [0.15, 0.2) is 0 Å². The van der Waals surface area contributed by atoms with Gasteiger partial charge in [-0.15, -0.1) is 0 Å². The van der Waals surface area contributed by atoms with E-state index in [2.05, 4.69) is 24.3 Å². The zero-order valence-corrected chi connectivity index (χ0v) is 14.1. The summed E-state index contributed by atoms with van der Waals surface area (Å²) in [4.78, 5) is 0. The summed E-state index contributed by atoms with van der Waals surface area (Å²) >= 11 is 0.527. The van der Waals surface area contributed by atoms with Gasteiger partial charge in [0.05, 0.1) is 0 Å². The fourth-order valence-electron chi connectivity index (χ4n) is 1.41. The van der Waals surface area contributed by atoms with E-state index in [0.717, 1.165) is 11.5 Å². The molecule has 2 aromatic carbocycles. The Morgan fingerprint density at radius 3 is 1.22 bits per heavy atom. The predicted octanol–water partition coefficient (Wildman–Crippen LogP) is 0.978. The van der Waals surface area contributed by atoms with Gasteiger partial charge in [-0.2, -0.15) is 0 Å². The number of hydrogen-bond acceptors (Lipinski definition) is 2. The molecule has 0 spiro atoms. The van der Waals surface area contributed by atoms with Crippen LogP contribution in [0.1, 0.15) is 0 Å². The summed E-state index contributed by atoms with van der Waals surface area (Å²) in [5.74, 6) is 1.86. The van der Waals surface area contributed by atoms with Gasteiger partial charge in [-0.05, 0) is 0 Å². The molecule has 0 bridgehead atoms. The predicted molar refractivity (Wildman–Crippen MR) is 76.8 cm³/mol. The van der Waals surface area contributed by atoms with E-state index in [1.807, 2.05) is 24.3 Å². The summed E-state index contributed by atoms with van der Waals surface area (Å²) in [6.45, 7) is 0. The van der Waals surface area contributed by atoms with Crippen molar-refractivity contribution in [1.29, 1.82) is 0 Å². The molecule has 2 nitrogen and oxygen atoms in total. The normalized spacial score (nSPS) is 10.6. The number of ether oxygens (including phenoxy) is 2. The molecule has 0 atom stereocenters. The standard InChI is InChI=1S/C14H14As2O2/c1-17-13-7-3-11(4-8-13)15-16-12-5-9-14(18-2)10-6-12/h3-10H,1-2H3. The quantitative estimate of drug-likeness (QED) is 0.754. The van der Waals surface area contributed by atoms with Crippen molar-refractivity contribution in [2.24, 2.45) is 0 Å². The Morgan fingerprint density at radius 2 is 0.944 bits per heavy atom.